The van der Waals surface area contributed by atoms with Crippen molar-refractivity contribution in [2.75, 3.05) is 39.3 Å². The lowest BCUT2D eigenvalue weighted by atomic mass is 9.68. The molecule has 0 aromatic heterocycles. The maximum atomic E-state index is 12.6. The molecule has 19 heavy (non-hydrogen) atoms. The highest BCUT2D eigenvalue weighted by Crippen LogP contribution is 2.41. The maximum absolute atomic E-state index is 12.6. The molecule has 0 unspecified atom stereocenters. The van der Waals surface area contributed by atoms with Crippen LogP contribution < -0.4 is 5.73 Å². The van der Waals surface area contributed by atoms with E-state index in [-0.39, 0.29) is 5.41 Å². The van der Waals surface area contributed by atoms with Crippen LogP contribution in [0.3, 0.4) is 0 Å². The topological polar surface area (TPSA) is 49.6 Å². The summed E-state index contributed by atoms with van der Waals surface area (Å²) in [4.78, 5) is 17.0. The minimum Gasteiger partial charge on any atom is -0.342 e. The summed E-state index contributed by atoms with van der Waals surface area (Å²) in [7, 11) is 0. The normalized spacial score (nSPS) is 17.3. The zero-order valence-electron chi connectivity index (χ0n) is 13.0. The molecule has 0 aliphatic heterocycles. The van der Waals surface area contributed by atoms with Crippen LogP contribution in [0.25, 0.3) is 0 Å². The molecule has 0 saturated heterocycles. The van der Waals surface area contributed by atoms with Gasteiger partial charge in [-0.15, -0.1) is 0 Å². The van der Waals surface area contributed by atoms with Gasteiger partial charge in [-0.3, -0.25) is 4.79 Å². The van der Waals surface area contributed by atoms with E-state index in [1.807, 2.05) is 4.90 Å². The SMILES string of the molecule is CCN(CC)CCCN(CC)C(=O)C1(CN)CCC1. The molecular weight excluding hydrogens is 238 g/mol. The van der Waals surface area contributed by atoms with Crippen molar-refractivity contribution in [2.24, 2.45) is 11.1 Å². The Morgan fingerprint density at radius 1 is 1.11 bits per heavy atom. The van der Waals surface area contributed by atoms with Crippen LogP contribution in [0.1, 0.15) is 46.5 Å². The molecule has 0 spiro atoms. The van der Waals surface area contributed by atoms with E-state index in [0.717, 1.165) is 58.4 Å². The predicted octanol–water partition coefficient (Wildman–Crippen LogP) is 1.70. The average Bonchev–Trinajstić information content (AvgIpc) is 2.38. The van der Waals surface area contributed by atoms with E-state index in [9.17, 15) is 4.79 Å². The van der Waals surface area contributed by atoms with Gasteiger partial charge in [0.05, 0.1) is 5.41 Å². The number of hydrogen-bond acceptors (Lipinski definition) is 3. The average molecular weight is 269 g/mol. The number of amides is 1. The Kier molecular flexibility index (Phi) is 6.80. The van der Waals surface area contributed by atoms with E-state index in [0.29, 0.717) is 12.5 Å². The van der Waals surface area contributed by atoms with Crippen LogP contribution in [0.2, 0.25) is 0 Å². The van der Waals surface area contributed by atoms with Crippen molar-refractivity contribution in [3.63, 3.8) is 0 Å². The summed E-state index contributed by atoms with van der Waals surface area (Å²) in [5.41, 5.74) is 5.61. The van der Waals surface area contributed by atoms with Crippen LogP contribution in [0.4, 0.5) is 0 Å². The van der Waals surface area contributed by atoms with Gasteiger partial charge in [-0.25, -0.2) is 0 Å². The largest absolute Gasteiger partial charge is 0.342 e. The lowest BCUT2D eigenvalue weighted by molar-refractivity contribution is -0.146. The van der Waals surface area contributed by atoms with E-state index >= 15 is 0 Å². The second-order valence-electron chi connectivity index (χ2n) is 5.60. The lowest BCUT2D eigenvalue weighted by Crippen LogP contribution is -2.52. The van der Waals surface area contributed by atoms with Gasteiger partial charge in [-0.2, -0.15) is 0 Å². The minimum absolute atomic E-state index is 0.217. The number of carbonyl (C=O) groups excluding carboxylic acids is 1. The van der Waals surface area contributed by atoms with Crippen LogP contribution in [-0.4, -0.2) is 55.0 Å². The smallest absolute Gasteiger partial charge is 0.230 e. The third-order valence-electron chi connectivity index (χ3n) is 4.62. The molecule has 0 heterocycles. The van der Waals surface area contributed by atoms with E-state index in [1.165, 1.54) is 0 Å². The highest BCUT2D eigenvalue weighted by Gasteiger charge is 2.44. The molecule has 1 saturated carbocycles. The summed E-state index contributed by atoms with van der Waals surface area (Å²) in [6.45, 7) is 11.9. The van der Waals surface area contributed by atoms with E-state index in [4.69, 9.17) is 5.73 Å². The molecule has 2 N–H and O–H groups in total. The zero-order chi connectivity index (χ0) is 14.3. The van der Waals surface area contributed by atoms with Crippen LogP contribution in [0, 0.1) is 5.41 Å². The van der Waals surface area contributed by atoms with Crippen molar-refractivity contribution in [1.29, 1.82) is 0 Å². The Labute approximate surface area is 118 Å². The molecule has 1 fully saturated rings. The third kappa shape index (κ3) is 3.93. The molecule has 1 aliphatic carbocycles. The maximum Gasteiger partial charge on any atom is 0.230 e. The van der Waals surface area contributed by atoms with E-state index in [1.54, 1.807) is 0 Å². The molecule has 4 nitrogen and oxygen atoms in total. The van der Waals surface area contributed by atoms with Crippen molar-refractivity contribution in [1.82, 2.24) is 9.80 Å². The highest BCUT2D eigenvalue weighted by atomic mass is 16.2. The molecule has 0 aromatic carbocycles. The number of hydrogen-bond donors (Lipinski definition) is 1. The van der Waals surface area contributed by atoms with Gasteiger partial charge in [0, 0.05) is 19.6 Å². The monoisotopic (exact) mass is 269 g/mol. The Morgan fingerprint density at radius 2 is 1.74 bits per heavy atom. The molecule has 0 radical (unpaired) electrons. The fourth-order valence-corrected chi connectivity index (χ4v) is 2.87. The molecule has 0 atom stereocenters. The second-order valence-corrected chi connectivity index (χ2v) is 5.60. The fourth-order valence-electron chi connectivity index (χ4n) is 2.87. The molecule has 1 aliphatic rings. The van der Waals surface area contributed by atoms with Gasteiger partial charge in [-0.1, -0.05) is 20.3 Å². The second kappa shape index (κ2) is 7.85. The van der Waals surface area contributed by atoms with Gasteiger partial charge in [0.1, 0.15) is 0 Å². The first-order valence-electron chi connectivity index (χ1n) is 7.85. The molecule has 0 aromatic rings. The third-order valence-corrected chi connectivity index (χ3v) is 4.62. The first-order valence-corrected chi connectivity index (χ1v) is 7.85. The Morgan fingerprint density at radius 3 is 2.11 bits per heavy atom. The molecular formula is C15H31N3O. The fraction of sp³-hybridized carbons (Fsp3) is 0.933. The number of nitrogens with zero attached hydrogens (tertiary/aromatic N) is 2. The van der Waals surface area contributed by atoms with Crippen LogP contribution in [0.15, 0.2) is 0 Å². The Balaban J connectivity index is 2.42. The predicted molar refractivity (Wildman–Crippen MR) is 80.0 cm³/mol. The van der Waals surface area contributed by atoms with Crippen molar-refractivity contribution >= 4 is 5.91 Å². The Bertz CT molecular complexity index is 267. The van der Waals surface area contributed by atoms with Gasteiger partial charge in [0.15, 0.2) is 0 Å². The van der Waals surface area contributed by atoms with Gasteiger partial charge in [0.2, 0.25) is 5.91 Å². The lowest BCUT2D eigenvalue weighted by Gasteiger charge is -2.42. The Hall–Kier alpha value is -0.610. The molecule has 0 bridgehead atoms. The standard InChI is InChI=1S/C15H31N3O/c1-4-17(5-2)11-8-12-18(6-3)14(19)15(13-16)9-7-10-15/h4-13,16H2,1-3H3. The van der Waals surface area contributed by atoms with Crippen LogP contribution >= 0.6 is 0 Å². The van der Waals surface area contributed by atoms with E-state index < -0.39 is 0 Å². The summed E-state index contributed by atoms with van der Waals surface area (Å²) in [6.07, 6.45) is 4.17. The molecule has 1 rings (SSSR count). The summed E-state index contributed by atoms with van der Waals surface area (Å²) in [5.74, 6) is 0.295. The summed E-state index contributed by atoms with van der Waals surface area (Å²) < 4.78 is 0. The quantitative estimate of drug-likeness (QED) is 0.693. The van der Waals surface area contributed by atoms with Crippen LogP contribution in [-0.2, 0) is 4.79 Å². The minimum atomic E-state index is -0.217. The van der Waals surface area contributed by atoms with Crippen molar-refractivity contribution in [3.8, 4) is 0 Å². The summed E-state index contributed by atoms with van der Waals surface area (Å²) in [5, 5.41) is 0. The molecule has 112 valence electrons. The number of rotatable bonds is 9. The number of carbonyl (C=O) groups is 1. The van der Waals surface area contributed by atoms with E-state index in [2.05, 4.69) is 25.7 Å². The molecule has 4 heteroatoms. The van der Waals surface area contributed by atoms with Crippen molar-refractivity contribution < 1.29 is 4.79 Å². The summed E-state index contributed by atoms with van der Waals surface area (Å²) >= 11 is 0. The highest BCUT2D eigenvalue weighted by molar-refractivity contribution is 5.83. The van der Waals surface area contributed by atoms with Crippen molar-refractivity contribution in [2.45, 2.75) is 46.5 Å². The first kappa shape index (κ1) is 16.4. The van der Waals surface area contributed by atoms with Gasteiger partial charge in [-0.05, 0) is 45.8 Å². The molecule has 1 amide bonds. The zero-order valence-corrected chi connectivity index (χ0v) is 13.0. The van der Waals surface area contributed by atoms with Gasteiger partial charge < -0.3 is 15.5 Å². The van der Waals surface area contributed by atoms with Gasteiger partial charge >= 0.3 is 0 Å². The number of nitrogens with two attached hydrogens (primary N) is 1. The first-order chi connectivity index (χ1) is 9.13. The van der Waals surface area contributed by atoms with Gasteiger partial charge in [0.25, 0.3) is 0 Å². The van der Waals surface area contributed by atoms with Crippen molar-refractivity contribution in [3.05, 3.63) is 0 Å². The van der Waals surface area contributed by atoms with Crippen LogP contribution in [0.5, 0.6) is 0 Å². The summed E-state index contributed by atoms with van der Waals surface area (Å²) in [6, 6.07) is 0.